The second kappa shape index (κ2) is 11.1. The SMILES string of the molecule is CC(C)(C)OC(=O)NC1CCC(N(C(=O)O)[C@@H]2C[C@H]2c2ccc(OCc3cccc(Br)c3)cc2)CC1. The summed E-state index contributed by atoms with van der Waals surface area (Å²) in [5.74, 6) is 1.000. The first-order valence-electron chi connectivity index (χ1n) is 12.6. The van der Waals surface area contributed by atoms with E-state index in [1.165, 1.54) is 0 Å². The molecule has 2 amide bonds. The van der Waals surface area contributed by atoms with Gasteiger partial charge in [-0.2, -0.15) is 0 Å². The van der Waals surface area contributed by atoms with Gasteiger partial charge in [0.15, 0.2) is 0 Å². The molecule has 2 fully saturated rings. The highest BCUT2D eigenvalue weighted by atomic mass is 79.9. The molecule has 194 valence electrons. The Kier molecular flexibility index (Phi) is 8.13. The minimum atomic E-state index is -0.861. The lowest BCUT2D eigenvalue weighted by molar-refractivity contribution is 0.0471. The van der Waals surface area contributed by atoms with Gasteiger partial charge in [0, 0.05) is 28.5 Å². The number of nitrogens with zero attached hydrogens (tertiary/aromatic N) is 1. The van der Waals surface area contributed by atoms with Crippen LogP contribution in [0.3, 0.4) is 0 Å². The fourth-order valence-electron chi connectivity index (χ4n) is 4.99. The van der Waals surface area contributed by atoms with Crippen molar-refractivity contribution in [2.75, 3.05) is 0 Å². The highest BCUT2D eigenvalue weighted by Crippen LogP contribution is 2.47. The quantitative estimate of drug-likeness (QED) is 0.394. The van der Waals surface area contributed by atoms with Gasteiger partial charge in [-0.1, -0.05) is 40.2 Å². The van der Waals surface area contributed by atoms with Crippen LogP contribution in [-0.2, 0) is 11.3 Å². The van der Waals surface area contributed by atoms with Crippen molar-refractivity contribution in [3.05, 3.63) is 64.1 Å². The third-order valence-corrected chi connectivity index (χ3v) is 7.24. The fraction of sp³-hybridized carbons (Fsp3) is 0.500. The van der Waals surface area contributed by atoms with E-state index in [0.29, 0.717) is 6.61 Å². The number of rotatable bonds is 7. The Hall–Kier alpha value is -2.74. The molecule has 2 aromatic rings. The molecule has 2 atom stereocenters. The maximum Gasteiger partial charge on any atom is 0.407 e. The van der Waals surface area contributed by atoms with Crippen LogP contribution in [0.4, 0.5) is 9.59 Å². The first kappa shape index (κ1) is 26.3. The van der Waals surface area contributed by atoms with Gasteiger partial charge in [0.25, 0.3) is 0 Å². The number of carboxylic acid groups (broad SMARTS) is 1. The van der Waals surface area contributed by atoms with E-state index in [-0.39, 0.29) is 24.0 Å². The summed E-state index contributed by atoms with van der Waals surface area (Å²) in [5, 5.41) is 12.9. The number of ether oxygens (including phenoxy) is 2. The van der Waals surface area contributed by atoms with Crippen LogP contribution in [0.25, 0.3) is 0 Å². The number of nitrogens with one attached hydrogen (secondary N) is 1. The summed E-state index contributed by atoms with van der Waals surface area (Å²) in [5.41, 5.74) is 1.69. The molecule has 0 saturated heterocycles. The van der Waals surface area contributed by atoms with Crippen LogP contribution < -0.4 is 10.1 Å². The van der Waals surface area contributed by atoms with Crippen molar-refractivity contribution in [1.29, 1.82) is 0 Å². The maximum atomic E-state index is 12.2. The van der Waals surface area contributed by atoms with Crippen molar-refractivity contribution < 1.29 is 24.2 Å². The average molecular weight is 560 g/mol. The molecule has 2 aliphatic carbocycles. The van der Waals surface area contributed by atoms with Crippen LogP contribution >= 0.6 is 15.9 Å². The summed E-state index contributed by atoms with van der Waals surface area (Å²) in [6, 6.07) is 16.0. The molecule has 0 aliphatic heterocycles. The summed E-state index contributed by atoms with van der Waals surface area (Å²) in [7, 11) is 0. The highest BCUT2D eigenvalue weighted by Gasteiger charge is 2.48. The van der Waals surface area contributed by atoms with E-state index in [9.17, 15) is 14.7 Å². The van der Waals surface area contributed by atoms with Gasteiger partial charge in [-0.15, -0.1) is 0 Å². The number of hydrogen-bond acceptors (Lipinski definition) is 4. The first-order chi connectivity index (χ1) is 17.1. The van der Waals surface area contributed by atoms with Crippen LogP contribution in [-0.4, -0.2) is 45.9 Å². The van der Waals surface area contributed by atoms with Crippen LogP contribution in [0.1, 0.15) is 69.9 Å². The van der Waals surface area contributed by atoms with Crippen molar-refractivity contribution in [3.63, 3.8) is 0 Å². The van der Waals surface area contributed by atoms with E-state index in [1.54, 1.807) is 4.90 Å². The Morgan fingerprint density at radius 2 is 1.78 bits per heavy atom. The number of amides is 2. The summed E-state index contributed by atoms with van der Waals surface area (Å²) < 4.78 is 12.3. The Morgan fingerprint density at radius 3 is 2.39 bits per heavy atom. The van der Waals surface area contributed by atoms with Gasteiger partial charge in [0.05, 0.1) is 0 Å². The Bertz CT molecular complexity index is 1060. The van der Waals surface area contributed by atoms with Gasteiger partial charge < -0.3 is 24.8 Å². The van der Waals surface area contributed by atoms with Crippen LogP contribution in [0.15, 0.2) is 53.0 Å². The summed E-state index contributed by atoms with van der Waals surface area (Å²) in [4.78, 5) is 25.9. The van der Waals surface area contributed by atoms with Gasteiger partial charge in [-0.3, -0.25) is 0 Å². The van der Waals surface area contributed by atoms with Gasteiger partial charge in [-0.25, -0.2) is 9.59 Å². The third-order valence-electron chi connectivity index (χ3n) is 6.75. The average Bonchev–Trinajstić information content (AvgIpc) is 3.58. The fourth-order valence-corrected chi connectivity index (χ4v) is 5.44. The molecule has 4 rings (SSSR count). The second-order valence-electron chi connectivity index (χ2n) is 10.7. The number of carbonyl (C=O) groups is 2. The monoisotopic (exact) mass is 558 g/mol. The zero-order chi connectivity index (χ0) is 25.9. The molecule has 0 heterocycles. The molecule has 0 bridgehead atoms. The van der Waals surface area contributed by atoms with E-state index < -0.39 is 17.8 Å². The lowest BCUT2D eigenvalue weighted by Gasteiger charge is -2.36. The minimum Gasteiger partial charge on any atom is -0.489 e. The molecular weight excluding hydrogens is 524 g/mol. The lowest BCUT2D eigenvalue weighted by atomic mass is 9.90. The van der Waals surface area contributed by atoms with Gasteiger partial charge in [-0.05, 0) is 88.3 Å². The third kappa shape index (κ3) is 7.15. The molecule has 7 nitrogen and oxygen atoms in total. The first-order valence-corrected chi connectivity index (χ1v) is 13.4. The Morgan fingerprint density at radius 1 is 1.08 bits per heavy atom. The largest absolute Gasteiger partial charge is 0.489 e. The zero-order valence-electron chi connectivity index (χ0n) is 21.1. The Labute approximate surface area is 221 Å². The minimum absolute atomic E-state index is 0.00342. The van der Waals surface area contributed by atoms with Gasteiger partial charge in [0.1, 0.15) is 18.0 Å². The van der Waals surface area contributed by atoms with E-state index in [0.717, 1.165) is 53.5 Å². The predicted molar refractivity (Wildman–Crippen MR) is 141 cm³/mol. The molecule has 2 aliphatic rings. The molecule has 36 heavy (non-hydrogen) atoms. The van der Waals surface area contributed by atoms with Crippen molar-refractivity contribution in [2.24, 2.45) is 0 Å². The standard InChI is InChI=1S/C28H35BrN2O5/c1-28(2,3)36-26(32)30-21-9-11-22(12-10-21)31(27(33)34)25-16-24(25)19-7-13-23(14-8-19)35-17-18-5-4-6-20(29)15-18/h4-8,13-15,21-22,24-25H,9-12,16-17H2,1-3H3,(H,30,32)(H,33,34)/t21?,22?,24-,25+/m0/s1. The topological polar surface area (TPSA) is 88.1 Å². The van der Waals surface area contributed by atoms with Crippen molar-refractivity contribution in [2.45, 2.75) is 89.1 Å². The second-order valence-corrected chi connectivity index (χ2v) is 11.7. The maximum absolute atomic E-state index is 12.2. The van der Waals surface area contributed by atoms with Gasteiger partial charge in [0.2, 0.25) is 0 Å². The van der Waals surface area contributed by atoms with E-state index in [4.69, 9.17) is 9.47 Å². The summed E-state index contributed by atoms with van der Waals surface area (Å²) >= 11 is 3.48. The lowest BCUT2D eigenvalue weighted by Crippen LogP contribution is -2.47. The molecule has 2 aromatic carbocycles. The number of halogens is 1. The van der Waals surface area contributed by atoms with Crippen LogP contribution in [0.5, 0.6) is 5.75 Å². The number of benzene rings is 2. The number of carbonyl (C=O) groups excluding carboxylic acids is 1. The van der Waals surface area contributed by atoms with Crippen molar-refractivity contribution in [1.82, 2.24) is 10.2 Å². The van der Waals surface area contributed by atoms with Crippen molar-refractivity contribution >= 4 is 28.1 Å². The van der Waals surface area contributed by atoms with Crippen LogP contribution in [0.2, 0.25) is 0 Å². The van der Waals surface area contributed by atoms with E-state index in [1.807, 2.05) is 69.3 Å². The van der Waals surface area contributed by atoms with Crippen LogP contribution in [0, 0.1) is 0 Å². The number of hydrogen-bond donors (Lipinski definition) is 2. The van der Waals surface area contributed by atoms with Gasteiger partial charge >= 0.3 is 12.2 Å². The summed E-state index contributed by atoms with van der Waals surface area (Å²) in [6.07, 6.45) is 2.52. The molecule has 0 spiro atoms. The smallest absolute Gasteiger partial charge is 0.407 e. The molecule has 8 heteroatoms. The number of alkyl carbamates (subject to hydrolysis) is 1. The normalized spacial score (nSPS) is 23.4. The van der Waals surface area contributed by atoms with E-state index in [2.05, 4.69) is 21.2 Å². The molecular formula is C28H35BrN2O5. The van der Waals surface area contributed by atoms with Crippen molar-refractivity contribution in [3.8, 4) is 5.75 Å². The molecule has 2 saturated carbocycles. The molecule has 0 radical (unpaired) electrons. The highest BCUT2D eigenvalue weighted by molar-refractivity contribution is 9.10. The molecule has 0 aromatic heterocycles. The summed E-state index contributed by atoms with van der Waals surface area (Å²) in [6.45, 7) is 6.00. The Balaban J connectivity index is 1.28. The predicted octanol–water partition coefficient (Wildman–Crippen LogP) is 6.70. The molecule has 0 unspecified atom stereocenters. The zero-order valence-corrected chi connectivity index (χ0v) is 22.7. The molecule has 2 N–H and O–H groups in total. The van der Waals surface area contributed by atoms with E-state index >= 15 is 0 Å².